The number of amides is 3. The smallest absolute Gasteiger partial charge is 0.320 e. The minimum absolute atomic E-state index is 0.170. The van der Waals surface area contributed by atoms with Crippen LogP contribution in [0.15, 0.2) is 16.1 Å². The highest BCUT2D eigenvalue weighted by Crippen LogP contribution is 2.25. The summed E-state index contributed by atoms with van der Waals surface area (Å²) < 4.78 is 1.43. The van der Waals surface area contributed by atoms with Crippen molar-refractivity contribution in [3.63, 3.8) is 0 Å². The Balaban J connectivity index is 2.45. The van der Waals surface area contributed by atoms with Crippen LogP contribution in [0.25, 0.3) is 0 Å². The summed E-state index contributed by atoms with van der Waals surface area (Å²) in [6.45, 7) is 15.5. The van der Waals surface area contributed by atoms with Gasteiger partial charge >= 0.3 is 6.03 Å². The number of carbonyl (C=O) groups excluding carboxylic acids is 2. The third-order valence-electron chi connectivity index (χ3n) is 4.09. The van der Waals surface area contributed by atoms with Crippen molar-refractivity contribution in [1.29, 1.82) is 0 Å². The molecule has 0 saturated heterocycles. The van der Waals surface area contributed by atoms with Crippen molar-refractivity contribution in [2.75, 3.05) is 5.32 Å². The first kappa shape index (κ1) is 20.8. The first-order valence-electron chi connectivity index (χ1n) is 9.19. The van der Waals surface area contributed by atoms with Crippen LogP contribution in [0.3, 0.4) is 0 Å². The van der Waals surface area contributed by atoms with Crippen molar-refractivity contribution >= 4 is 29.4 Å². The van der Waals surface area contributed by atoms with E-state index < -0.39 is 0 Å². The van der Waals surface area contributed by atoms with E-state index in [1.54, 1.807) is 6.07 Å². The molecule has 27 heavy (non-hydrogen) atoms. The average molecular weight is 374 g/mol. The van der Waals surface area contributed by atoms with Crippen molar-refractivity contribution < 1.29 is 9.59 Å². The quantitative estimate of drug-likeness (QED) is 0.830. The maximum absolute atomic E-state index is 12.3. The Morgan fingerprint density at radius 2 is 1.81 bits per heavy atom. The van der Waals surface area contributed by atoms with Gasteiger partial charge in [-0.05, 0) is 34.1 Å². The van der Waals surface area contributed by atoms with Gasteiger partial charge in [0.1, 0.15) is 5.82 Å². The molecule has 2 heterocycles. The fourth-order valence-electron chi connectivity index (χ4n) is 2.66. The first-order chi connectivity index (χ1) is 12.3. The molecule has 1 aliphatic rings. The summed E-state index contributed by atoms with van der Waals surface area (Å²) in [5.74, 6) is 0.0494. The minimum Gasteiger partial charge on any atom is -0.333 e. The van der Waals surface area contributed by atoms with Crippen LogP contribution in [-0.4, -0.2) is 38.9 Å². The lowest BCUT2D eigenvalue weighted by atomic mass is 9.92. The number of hydrogen-bond acceptors (Lipinski definition) is 4. The van der Waals surface area contributed by atoms with E-state index in [0.29, 0.717) is 18.0 Å². The first-order valence-corrected chi connectivity index (χ1v) is 9.19. The number of carbonyl (C=O) groups is 2. The van der Waals surface area contributed by atoms with Crippen LogP contribution in [0, 0.1) is 5.92 Å². The Bertz CT molecular complexity index is 805. The van der Waals surface area contributed by atoms with Crippen molar-refractivity contribution in [2.45, 2.75) is 72.8 Å². The van der Waals surface area contributed by atoms with Crippen LogP contribution in [0.5, 0.6) is 0 Å². The lowest BCUT2D eigenvalue weighted by Gasteiger charge is -2.21. The van der Waals surface area contributed by atoms with Gasteiger partial charge in [-0.1, -0.05) is 27.7 Å². The molecule has 1 unspecified atom stereocenters. The van der Waals surface area contributed by atoms with Crippen molar-refractivity contribution in [1.82, 2.24) is 15.1 Å². The molecular formula is C19H30N6O2. The van der Waals surface area contributed by atoms with Gasteiger partial charge in [-0.15, -0.1) is 0 Å². The number of hydrogen-bond donors (Lipinski definition) is 2. The van der Waals surface area contributed by atoms with Gasteiger partial charge < -0.3 is 5.32 Å². The number of aromatic nitrogens is 2. The van der Waals surface area contributed by atoms with E-state index in [0.717, 1.165) is 5.69 Å². The summed E-state index contributed by atoms with van der Waals surface area (Å²) in [5, 5.41) is 10.2. The van der Waals surface area contributed by atoms with Gasteiger partial charge in [0.15, 0.2) is 0 Å². The summed E-state index contributed by atoms with van der Waals surface area (Å²) in [6.07, 6.45) is 0.649. The molecule has 0 fully saturated rings. The lowest BCUT2D eigenvalue weighted by molar-refractivity contribution is -0.119. The zero-order chi connectivity index (χ0) is 20.6. The molecule has 0 aromatic carbocycles. The predicted octanol–water partition coefficient (Wildman–Crippen LogP) is 3.33. The Morgan fingerprint density at radius 1 is 1.19 bits per heavy atom. The Morgan fingerprint density at radius 3 is 2.30 bits per heavy atom. The zero-order valence-electron chi connectivity index (χ0n) is 17.5. The number of nitrogens with zero attached hydrogens (tertiary/aromatic N) is 4. The molecule has 2 N–H and O–H groups in total. The van der Waals surface area contributed by atoms with Gasteiger partial charge in [0.2, 0.25) is 0 Å². The second kappa shape index (κ2) is 7.25. The van der Waals surface area contributed by atoms with E-state index in [4.69, 9.17) is 0 Å². The van der Waals surface area contributed by atoms with E-state index >= 15 is 0 Å². The van der Waals surface area contributed by atoms with E-state index in [2.05, 4.69) is 25.7 Å². The highest BCUT2D eigenvalue weighted by atomic mass is 16.2. The molecule has 1 aromatic rings. The minimum atomic E-state index is -0.386. The standard InChI is InChI=1S/C19H30N6O2/c1-9-12-11(2)20-16(22-15(12)26)25-14(10-13(24-25)18(3,4)5)21-17(27)23-19(6,7)8/h10,12H,9H2,1-8H3,(H2,21,23,27). The van der Waals surface area contributed by atoms with Gasteiger partial charge in [-0.25, -0.2) is 9.79 Å². The highest BCUT2D eigenvalue weighted by Gasteiger charge is 2.28. The van der Waals surface area contributed by atoms with Crippen LogP contribution in [-0.2, 0) is 10.2 Å². The van der Waals surface area contributed by atoms with E-state index in [-0.39, 0.29) is 34.8 Å². The number of aliphatic imine (C=N–C) groups is 2. The Hall–Kier alpha value is -2.51. The predicted molar refractivity (Wildman–Crippen MR) is 108 cm³/mol. The highest BCUT2D eigenvalue weighted by molar-refractivity contribution is 6.15. The third-order valence-corrected chi connectivity index (χ3v) is 4.09. The van der Waals surface area contributed by atoms with Gasteiger partial charge in [0, 0.05) is 22.7 Å². The molecule has 0 spiro atoms. The molecule has 2 rings (SSSR count). The average Bonchev–Trinajstić information content (AvgIpc) is 2.88. The molecule has 1 aromatic heterocycles. The fraction of sp³-hybridized carbons (Fsp3) is 0.632. The summed E-state index contributed by atoms with van der Waals surface area (Å²) in [6, 6.07) is 1.42. The number of anilines is 1. The topological polar surface area (TPSA) is 101 Å². The number of rotatable bonds is 2. The monoisotopic (exact) mass is 374 g/mol. The summed E-state index contributed by atoms with van der Waals surface area (Å²) in [5.41, 5.74) is 0.828. The van der Waals surface area contributed by atoms with E-state index in [9.17, 15) is 9.59 Å². The van der Waals surface area contributed by atoms with Crippen LogP contribution in [0.1, 0.15) is 67.5 Å². The van der Waals surface area contributed by atoms with Crippen LogP contribution in [0.2, 0.25) is 0 Å². The summed E-state index contributed by atoms with van der Waals surface area (Å²) in [7, 11) is 0. The zero-order valence-corrected chi connectivity index (χ0v) is 17.5. The molecule has 1 atom stereocenters. The van der Waals surface area contributed by atoms with Crippen LogP contribution in [0.4, 0.5) is 10.6 Å². The molecule has 3 amide bonds. The van der Waals surface area contributed by atoms with Gasteiger partial charge in [0.05, 0.1) is 11.6 Å². The van der Waals surface area contributed by atoms with E-state index in [1.165, 1.54) is 4.68 Å². The normalized spacial score (nSPS) is 18.1. The fourth-order valence-corrected chi connectivity index (χ4v) is 2.66. The molecule has 0 bridgehead atoms. The van der Waals surface area contributed by atoms with Gasteiger partial charge in [-0.2, -0.15) is 14.8 Å². The Labute approximate surface area is 160 Å². The van der Waals surface area contributed by atoms with E-state index in [1.807, 2.05) is 55.4 Å². The molecule has 0 aliphatic carbocycles. The van der Waals surface area contributed by atoms with Crippen LogP contribution >= 0.6 is 0 Å². The summed E-state index contributed by atoms with van der Waals surface area (Å²) >= 11 is 0. The van der Waals surface area contributed by atoms with Crippen molar-refractivity contribution in [2.24, 2.45) is 15.9 Å². The molecule has 0 saturated carbocycles. The lowest BCUT2D eigenvalue weighted by Crippen LogP contribution is -2.43. The van der Waals surface area contributed by atoms with Crippen molar-refractivity contribution in [3.05, 3.63) is 11.8 Å². The molecular weight excluding hydrogens is 344 g/mol. The SMILES string of the molecule is CCC1C(=O)N=C(n2nc(C(C)(C)C)cc2NC(=O)NC(C)(C)C)N=C1C. The van der Waals surface area contributed by atoms with Gasteiger partial charge in [0.25, 0.3) is 11.9 Å². The van der Waals surface area contributed by atoms with Crippen molar-refractivity contribution in [3.8, 4) is 0 Å². The molecule has 148 valence electrons. The maximum Gasteiger partial charge on any atom is 0.320 e. The second-order valence-electron chi connectivity index (χ2n) is 8.87. The summed E-state index contributed by atoms with van der Waals surface area (Å²) in [4.78, 5) is 33.3. The third kappa shape index (κ3) is 5.02. The van der Waals surface area contributed by atoms with Crippen LogP contribution < -0.4 is 10.6 Å². The molecule has 8 heteroatoms. The second-order valence-corrected chi connectivity index (χ2v) is 8.87. The largest absolute Gasteiger partial charge is 0.333 e. The number of urea groups is 1. The maximum atomic E-state index is 12.3. The van der Waals surface area contributed by atoms with Gasteiger partial charge in [-0.3, -0.25) is 10.1 Å². The molecule has 0 radical (unpaired) electrons. The number of nitrogens with one attached hydrogen (secondary N) is 2. The molecule has 1 aliphatic heterocycles. The Kier molecular flexibility index (Phi) is 5.58. The molecule has 8 nitrogen and oxygen atoms in total.